The highest BCUT2D eigenvalue weighted by atomic mass is 19.1. The lowest BCUT2D eigenvalue weighted by Gasteiger charge is -2.06. The molecule has 6 nitrogen and oxygen atoms in total. The van der Waals surface area contributed by atoms with Gasteiger partial charge in [0.1, 0.15) is 5.52 Å². The predicted molar refractivity (Wildman–Crippen MR) is 80.5 cm³/mol. The molecule has 0 unspecified atom stereocenters. The summed E-state index contributed by atoms with van der Waals surface area (Å²) in [6, 6.07) is 12.4. The van der Waals surface area contributed by atoms with Crippen LogP contribution in [0.5, 0.6) is 5.75 Å². The third-order valence-corrected chi connectivity index (χ3v) is 3.22. The van der Waals surface area contributed by atoms with Gasteiger partial charge in [-0.2, -0.15) is 0 Å². The third-order valence-electron chi connectivity index (χ3n) is 3.22. The number of hydrogen-bond acceptors (Lipinski definition) is 5. The van der Waals surface area contributed by atoms with E-state index in [9.17, 15) is 14.0 Å². The van der Waals surface area contributed by atoms with Crippen molar-refractivity contribution in [2.45, 2.75) is 13.0 Å². The van der Waals surface area contributed by atoms with E-state index >= 15 is 0 Å². The zero-order valence-corrected chi connectivity index (χ0v) is 12.0. The Bertz CT molecular complexity index is 924. The van der Waals surface area contributed by atoms with Crippen LogP contribution in [0.4, 0.5) is 4.39 Å². The molecule has 0 aliphatic rings. The molecule has 0 fully saturated rings. The quantitative estimate of drug-likeness (QED) is 0.543. The third kappa shape index (κ3) is 3.23. The minimum absolute atomic E-state index is 0.00392. The van der Waals surface area contributed by atoms with Gasteiger partial charge in [-0.05, 0) is 24.3 Å². The molecule has 3 aromatic rings. The molecular weight excluding hydrogens is 301 g/mol. The number of aryl methyl sites for hydroxylation is 1. The van der Waals surface area contributed by atoms with Crippen molar-refractivity contribution in [3.63, 3.8) is 0 Å². The maximum absolute atomic E-state index is 13.4. The Kier molecular flexibility index (Phi) is 4.09. The fraction of sp³-hybridized carbons (Fsp3) is 0.125. The molecular formula is C16H12FN3O3. The number of carbonyl (C=O) groups is 1. The molecule has 0 saturated heterocycles. The molecule has 7 heteroatoms. The van der Waals surface area contributed by atoms with Crippen LogP contribution in [0, 0.1) is 5.82 Å². The molecule has 1 heterocycles. The van der Waals surface area contributed by atoms with Gasteiger partial charge in [0.2, 0.25) is 0 Å². The fourth-order valence-electron chi connectivity index (χ4n) is 2.07. The minimum Gasteiger partial charge on any atom is -0.423 e. The molecule has 0 aliphatic carbocycles. The molecule has 0 N–H and O–H groups in total. The van der Waals surface area contributed by atoms with Crippen molar-refractivity contribution in [3.8, 4) is 5.75 Å². The Morgan fingerprint density at radius 2 is 1.87 bits per heavy atom. The Morgan fingerprint density at radius 3 is 2.70 bits per heavy atom. The van der Waals surface area contributed by atoms with Crippen molar-refractivity contribution in [2.24, 2.45) is 0 Å². The molecule has 116 valence electrons. The summed E-state index contributed by atoms with van der Waals surface area (Å²) in [5.41, 5.74) is 0.150. The van der Waals surface area contributed by atoms with Gasteiger partial charge >= 0.3 is 5.97 Å². The first kappa shape index (κ1) is 14.8. The zero-order valence-electron chi connectivity index (χ0n) is 12.0. The standard InChI is InChI=1S/C16H12FN3O3/c17-12-6-2-4-8-14(12)23-15(21)9-10-20-16(22)11-5-1-3-7-13(11)18-19-20/h1-8H,9-10H2. The van der Waals surface area contributed by atoms with Gasteiger partial charge in [0, 0.05) is 0 Å². The number of benzene rings is 2. The Labute approximate surface area is 130 Å². The van der Waals surface area contributed by atoms with E-state index in [4.69, 9.17) is 4.74 Å². The Balaban J connectivity index is 1.71. The van der Waals surface area contributed by atoms with Gasteiger partial charge in [-0.3, -0.25) is 9.59 Å². The second kappa shape index (κ2) is 6.35. The van der Waals surface area contributed by atoms with Crippen molar-refractivity contribution >= 4 is 16.9 Å². The first-order chi connectivity index (χ1) is 11.1. The second-order valence-electron chi connectivity index (χ2n) is 4.79. The molecule has 3 rings (SSSR count). The summed E-state index contributed by atoms with van der Waals surface area (Å²) in [6.45, 7) is 0.00392. The lowest BCUT2D eigenvalue weighted by molar-refractivity contribution is -0.134. The number of fused-ring (bicyclic) bond motifs is 1. The van der Waals surface area contributed by atoms with E-state index in [-0.39, 0.29) is 24.3 Å². The number of halogens is 1. The van der Waals surface area contributed by atoms with E-state index < -0.39 is 11.8 Å². The molecule has 2 aromatic carbocycles. The number of carbonyl (C=O) groups excluding carboxylic acids is 1. The first-order valence-electron chi connectivity index (χ1n) is 6.93. The predicted octanol–water partition coefficient (Wildman–Crippen LogP) is 1.93. The van der Waals surface area contributed by atoms with Crippen molar-refractivity contribution in [3.05, 3.63) is 64.7 Å². The lowest BCUT2D eigenvalue weighted by atomic mass is 10.2. The summed E-state index contributed by atoms with van der Waals surface area (Å²) in [5.74, 6) is -1.42. The van der Waals surface area contributed by atoms with Crippen LogP contribution in [0.2, 0.25) is 0 Å². The average molecular weight is 313 g/mol. The number of rotatable bonds is 4. The molecule has 0 atom stereocenters. The Morgan fingerprint density at radius 1 is 1.13 bits per heavy atom. The monoisotopic (exact) mass is 313 g/mol. The van der Waals surface area contributed by atoms with E-state index in [1.807, 2.05) is 0 Å². The zero-order chi connectivity index (χ0) is 16.2. The smallest absolute Gasteiger partial charge is 0.313 e. The number of ether oxygens (including phenoxy) is 1. The fourth-order valence-corrected chi connectivity index (χ4v) is 2.07. The highest BCUT2D eigenvalue weighted by Crippen LogP contribution is 2.15. The minimum atomic E-state index is -0.656. The SMILES string of the molecule is O=C(CCn1nnc2ccccc2c1=O)Oc1ccccc1F. The van der Waals surface area contributed by atoms with Gasteiger partial charge in [0.25, 0.3) is 5.56 Å². The highest BCUT2D eigenvalue weighted by Gasteiger charge is 2.11. The molecule has 0 bridgehead atoms. The van der Waals surface area contributed by atoms with Crippen LogP contribution in [-0.2, 0) is 11.3 Å². The summed E-state index contributed by atoms with van der Waals surface area (Å²) in [5, 5.41) is 8.12. The van der Waals surface area contributed by atoms with Crippen molar-refractivity contribution in [1.29, 1.82) is 0 Å². The van der Waals surface area contributed by atoms with Gasteiger partial charge in [-0.1, -0.05) is 29.5 Å². The largest absolute Gasteiger partial charge is 0.423 e. The number of esters is 1. The molecule has 0 radical (unpaired) electrons. The van der Waals surface area contributed by atoms with Crippen LogP contribution in [0.3, 0.4) is 0 Å². The van der Waals surface area contributed by atoms with E-state index in [1.54, 1.807) is 30.3 Å². The van der Waals surface area contributed by atoms with Crippen molar-refractivity contribution < 1.29 is 13.9 Å². The van der Waals surface area contributed by atoms with Crippen molar-refractivity contribution in [1.82, 2.24) is 15.0 Å². The molecule has 0 spiro atoms. The lowest BCUT2D eigenvalue weighted by Crippen LogP contribution is -2.26. The van der Waals surface area contributed by atoms with Gasteiger partial charge in [0.15, 0.2) is 11.6 Å². The summed E-state index contributed by atoms with van der Waals surface area (Å²) in [4.78, 5) is 24.0. The highest BCUT2D eigenvalue weighted by molar-refractivity contribution is 5.76. The number of para-hydroxylation sites is 1. The molecule has 0 saturated carbocycles. The first-order valence-corrected chi connectivity index (χ1v) is 6.93. The maximum Gasteiger partial charge on any atom is 0.313 e. The second-order valence-corrected chi connectivity index (χ2v) is 4.79. The van der Waals surface area contributed by atoms with E-state index in [2.05, 4.69) is 10.3 Å². The van der Waals surface area contributed by atoms with Crippen LogP contribution in [0.25, 0.3) is 10.9 Å². The summed E-state index contributed by atoms with van der Waals surface area (Å²) < 4.78 is 19.4. The topological polar surface area (TPSA) is 74.1 Å². The van der Waals surface area contributed by atoms with Crippen LogP contribution in [-0.4, -0.2) is 21.0 Å². The van der Waals surface area contributed by atoms with E-state index in [0.717, 1.165) is 4.68 Å². The number of nitrogens with zero attached hydrogens (tertiary/aromatic N) is 3. The summed E-state index contributed by atoms with van der Waals surface area (Å²) in [7, 11) is 0. The van der Waals surface area contributed by atoms with Crippen LogP contribution < -0.4 is 10.3 Å². The maximum atomic E-state index is 13.4. The molecule has 23 heavy (non-hydrogen) atoms. The molecule has 0 aliphatic heterocycles. The van der Waals surface area contributed by atoms with Crippen molar-refractivity contribution in [2.75, 3.05) is 0 Å². The van der Waals surface area contributed by atoms with E-state index in [1.165, 1.54) is 18.2 Å². The normalized spacial score (nSPS) is 10.7. The van der Waals surface area contributed by atoms with Crippen LogP contribution >= 0.6 is 0 Å². The van der Waals surface area contributed by atoms with Crippen LogP contribution in [0.15, 0.2) is 53.3 Å². The van der Waals surface area contributed by atoms with Gasteiger partial charge < -0.3 is 4.74 Å². The molecule has 0 amide bonds. The van der Waals surface area contributed by atoms with Crippen LogP contribution in [0.1, 0.15) is 6.42 Å². The number of aromatic nitrogens is 3. The Hall–Kier alpha value is -3.09. The molecule has 1 aromatic heterocycles. The van der Waals surface area contributed by atoms with Gasteiger partial charge in [-0.25, -0.2) is 9.07 Å². The van der Waals surface area contributed by atoms with Gasteiger partial charge in [-0.15, -0.1) is 5.10 Å². The van der Waals surface area contributed by atoms with Gasteiger partial charge in [0.05, 0.1) is 18.4 Å². The summed E-state index contributed by atoms with van der Waals surface area (Å²) in [6.07, 6.45) is -0.124. The number of hydrogen-bond donors (Lipinski definition) is 0. The van der Waals surface area contributed by atoms with E-state index in [0.29, 0.717) is 10.9 Å². The summed E-state index contributed by atoms with van der Waals surface area (Å²) >= 11 is 0. The average Bonchev–Trinajstić information content (AvgIpc) is 2.57.